The average Bonchev–Trinajstić information content (AvgIpc) is 3.16. The summed E-state index contributed by atoms with van der Waals surface area (Å²) < 4.78 is 6.61. The summed E-state index contributed by atoms with van der Waals surface area (Å²) in [6.07, 6.45) is 5.20. The number of amides is 1. The van der Waals surface area contributed by atoms with Crippen LogP contribution in [0.4, 0.5) is 11.4 Å². The van der Waals surface area contributed by atoms with Crippen LogP contribution in [0.25, 0.3) is 0 Å². The molecule has 9 heteroatoms. The van der Waals surface area contributed by atoms with E-state index < -0.39 is 0 Å². The van der Waals surface area contributed by atoms with Gasteiger partial charge in [-0.25, -0.2) is 4.98 Å². The maximum Gasteiger partial charge on any atom is 0.275 e. The maximum absolute atomic E-state index is 12.8. The first-order chi connectivity index (χ1) is 13.2. The predicted molar refractivity (Wildman–Crippen MR) is 110 cm³/mol. The number of rotatable bonds is 4. The number of halogens is 1. The first-order valence-corrected chi connectivity index (χ1v) is 10.9. The number of nitrogens with zero attached hydrogens (tertiary/aromatic N) is 3. The van der Waals surface area contributed by atoms with Gasteiger partial charge in [0.05, 0.1) is 23.7 Å². The van der Waals surface area contributed by atoms with Crippen molar-refractivity contribution < 1.29 is 9.53 Å². The van der Waals surface area contributed by atoms with E-state index in [1.165, 1.54) is 17.8 Å². The Labute approximate surface area is 170 Å². The van der Waals surface area contributed by atoms with Crippen molar-refractivity contribution in [3.63, 3.8) is 0 Å². The number of carbonyl (C=O) groups excluding carboxylic acids is 1. The summed E-state index contributed by atoms with van der Waals surface area (Å²) in [5.74, 6) is -0.228. The van der Waals surface area contributed by atoms with Crippen molar-refractivity contribution in [2.45, 2.75) is 25.4 Å². The highest BCUT2D eigenvalue weighted by molar-refractivity contribution is 9.11. The predicted octanol–water partition coefficient (Wildman–Crippen LogP) is 3.20. The van der Waals surface area contributed by atoms with Crippen LogP contribution in [0.2, 0.25) is 0 Å². The molecule has 0 saturated carbocycles. The molecule has 144 valence electrons. The Morgan fingerprint density at radius 2 is 2.22 bits per heavy atom. The van der Waals surface area contributed by atoms with Crippen molar-refractivity contribution in [2.24, 2.45) is 0 Å². The fraction of sp³-hybridized carbons (Fsp3) is 0.500. The monoisotopic (exact) mass is 451 g/mol. The standard InChI is InChI=1S/C18H22BrN5O2S/c19-18-22-12(11-27-18)17(25)23-15-13(24-7-2-1-3-8-24)4-5-21-16(15)14-10-20-6-9-26-14/h4-5,11,14,20H,1-3,6-10H2,(H,23,25). The third-order valence-corrected chi connectivity index (χ3v) is 6.20. The molecule has 0 bridgehead atoms. The lowest BCUT2D eigenvalue weighted by atomic mass is 10.1. The molecule has 2 fully saturated rings. The van der Waals surface area contributed by atoms with Crippen LogP contribution in [0.15, 0.2) is 21.6 Å². The van der Waals surface area contributed by atoms with Crippen molar-refractivity contribution in [2.75, 3.05) is 43.0 Å². The molecule has 1 atom stereocenters. The molecule has 2 aliphatic rings. The van der Waals surface area contributed by atoms with Crippen molar-refractivity contribution >= 4 is 44.5 Å². The topological polar surface area (TPSA) is 79.4 Å². The van der Waals surface area contributed by atoms with Crippen LogP contribution in [0.1, 0.15) is 41.5 Å². The number of anilines is 2. The number of carbonyl (C=O) groups is 1. The van der Waals surface area contributed by atoms with Crippen molar-refractivity contribution in [3.05, 3.63) is 32.9 Å². The SMILES string of the molecule is O=C(Nc1c(N2CCCCC2)ccnc1C1CNCCO1)c1csc(Br)n1. The van der Waals surface area contributed by atoms with Gasteiger partial charge >= 0.3 is 0 Å². The molecule has 4 rings (SSSR count). The fourth-order valence-corrected chi connectivity index (χ4v) is 4.50. The van der Waals surface area contributed by atoms with Crippen LogP contribution in [0.5, 0.6) is 0 Å². The number of ether oxygens (including phenoxy) is 1. The first-order valence-electron chi connectivity index (χ1n) is 9.21. The molecule has 0 aromatic carbocycles. The Balaban J connectivity index is 1.69. The van der Waals surface area contributed by atoms with Crippen molar-refractivity contribution in [3.8, 4) is 0 Å². The molecule has 0 spiro atoms. The highest BCUT2D eigenvalue weighted by Gasteiger charge is 2.26. The van der Waals surface area contributed by atoms with Gasteiger partial charge in [0.2, 0.25) is 0 Å². The molecule has 27 heavy (non-hydrogen) atoms. The van der Waals surface area contributed by atoms with Gasteiger partial charge in [-0.2, -0.15) is 0 Å². The first kappa shape index (κ1) is 18.8. The minimum atomic E-state index is -0.228. The lowest BCUT2D eigenvalue weighted by molar-refractivity contribution is 0.0255. The summed E-state index contributed by atoms with van der Waals surface area (Å²) >= 11 is 4.71. The number of pyridine rings is 1. The Morgan fingerprint density at radius 3 is 2.93 bits per heavy atom. The van der Waals surface area contributed by atoms with Gasteiger partial charge < -0.3 is 20.3 Å². The second-order valence-corrected chi connectivity index (χ2v) is 8.78. The van der Waals surface area contributed by atoms with Gasteiger partial charge in [0.1, 0.15) is 11.8 Å². The molecule has 2 aliphatic heterocycles. The highest BCUT2D eigenvalue weighted by Crippen LogP contribution is 2.35. The zero-order valence-electron chi connectivity index (χ0n) is 14.9. The van der Waals surface area contributed by atoms with E-state index >= 15 is 0 Å². The van der Waals surface area contributed by atoms with Gasteiger partial charge in [-0.1, -0.05) is 0 Å². The zero-order chi connectivity index (χ0) is 18.6. The summed E-state index contributed by atoms with van der Waals surface area (Å²) in [4.78, 5) is 24.0. The van der Waals surface area contributed by atoms with Crippen LogP contribution >= 0.6 is 27.3 Å². The molecule has 2 aromatic rings. The quantitative estimate of drug-likeness (QED) is 0.742. The van der Waals surface area contributed by atoms with Gasteiger partial charge in [0, 0.05) is 37.8 Å². The largest absolute Gasteiger partial charge is 0.370 e. The van der Waals surface area contributed by atoms with E-state index in [0.29, 0.717) is 22.8 Å². The number of morpholine rings is 1. The van der Waals surface area contributed by atoms with E-state index in [-0.39, 0.29) is 12.0 Å². The van der Waals surface area contributed by atoms with E-state index in [1.54, 1.807) is 5.38 Å². The van der Waals surface area contributed by atoms with E-state index in [4.69, 9.17) is 4.74 Å². The summed E-state index contributed by atoms with van der Waals surface area (Å²) in [5, 5.41) is 8.16. The molecule has 1 unspecified atom stereocenters. The van der Waals surface area contributed by atoms with E-state index in [1.807, 2.05) is 12.3 Å². The smallest absolute Gasteiger partial charge is 0.275 e. The summed E-state index contributed by atoms with van der Waals surface area (Å²) in [5.41, 5.74) is 2.92. The average molecular weight is 452 g/mol. The molecular weight excluding hydrogens is 430 g/mol. The van der Waals surface area contributed by atoms with Crippen LogP contribution in [0.3, 0.4) is 0 Å². The normalized spacial score (nSPS) is 20.5. The summed E-state index contributed by atoms with van der Waals surface area (Å²) in [7, 11) is 0. The number of hydrogen-bond acceptors (Lipinski definition) is 7. The molecule has 4 heterocycles. The Kier molecular flexibility index (Phi) is 6.01. The molecule has 0 aliphatic carbocycles. The number of hydrogen-bond donors (Lipinski definition) is 2. The van der Waals surface area contributed by atoms with Gasteiger partial charge in [0.15, 0.2) is 3.92 Å². The van der Waals surface area contributed by atoms with Crippen molar-refractivity contribution in [1.82, 2.24) is 15.3 Å². The lowest BCUT2D eigenvalue weighted by Gasteiger charge is -2.32. The second-order valence-electron chi connectivity index (χ2n) is 6.64. The van der Waals surface area contributed by atoms with Gasteiger partial charge in [-0.3, -0.25) is 9.78 Å². The van der Waals surface area contributed by atoms with Gasteiger partial charge in [-0.15, -0.1) is 11.3 Å². The molecule has 2 aromatic heterocycles. The third kappa shape index (κ3) is 4.31. The lowest BCUT2D eigenvalue weighted by Crippen LogP contribution is -2.35. The number of thiazole rings is 1. The number of nitrogens with one attached hydrogen (secondary N) is 2. The Hall–Kier alpha value is -1.55. The van der Waals surface area contributed by atoms with Crippen LogP contribution in [0, 0.1) is 0 Å². The Morgan fingerprint density at radius 1 is 1.37 bits per heavy atom. The summed E-state index contributed by atoms with van der Waals surface area (Å²) in [6.45, 7) is 4.11. The molecule has 0 radical (unpaired) electrons. The molecule has 2 saturated heterocycles. The van der Waals surface area contributed by atoms with Crippen molar-refractivity contribution in [1.29, 1.82) is 0 Å². The number of aromatic nitrogens is 2. The van der Waals surface area contributed by atoms with E-state index in [2.05, 4.69) is 41.4 Å². The van der Waals surface area contributed by atoms with E-state index in [0.717, 1.165) is 49.5 Å². The van der Waals surface area contributed by atoms with Crippen LogP contribution in [-0.4, -0.2) is 48.7 Å². The summed E-state index contributed by atoms with van der Waals surface area (Å²) in [6, 6.07) is 1.98. The zero-order valence-corrected chi connectivity index (χ0v) is 17.3. The molecule has 7 nitrogen and oxygen atoms in total. The second kappa shape index (κ2) is 8.64. The maximum atomic E-state index is 12.8. The molecular formula is C18H22BrN5O2S. The number of piperidine rings is 1. The molecule has 1 amide bonds. The van der Waals surface area contributed by atoms with Gasteiger partial charge in [0.25, 0.3) is 5.91 Å². The minimum Gasteiger partial charge on any atom is -0.370 e. The minimum absolute atomic E-state index is 0.180. The third-order valence-electron chi connectivity index (χ3n) is 4.83. The van der Waals surface area contributed by atoms with Crippen LogP contribution < -0.4 is 15.5 Å². The van der Waals surface area contributed by atoms with Gasteiger partial charge in [-0.05, 0) is 41.3 Å². The van der Waals surface area contributed by atoms with Crippen LogP contribution in [-0.2, 0) is 4.74 Å². The Bertz CT molecular complexity index is 767. The molecule has 2 N–H and O–H groups in total. The fourth-order valence-electron chi connectivity index (χ4n) is 3.51. The van der Waals surface area contributed by atoms with E-state index in [9.17, 15) is 4.79 Å². The highest BCUT2D eigenvalue weighted by atomic mass is 79.9.